The summed E-state index contributed by atoms with van der Waals surface area (Å²) in [6, 6.07) is 4.37. The first-order valence-corrected chi connectivity index (χ1v) is 7.85. The highest BCUT2D eigenvalue weighted by Crippen LogP contribution is 2.23. The van der Waals surface area contributed by atoms with Gasteiger partial charge in [-0.25, -0.2) is 9.07 Å². The van der Waals surface area contributed by atoms with Crippen molar-refractivity contribution in [2.24, 2.45) is 0 Å². The first kappa shape index (κ1) is 14.6. The number of nitrogen functional groups attached to an aromatic ring is 1. The van der Waals surface area contributed by atoms with Crippen LogP contribution in [0.25, 0.3) is 11.4 Å². The van der Waals surface area contributed by atoms with E-state index in [4.69, 9.17) is 5.73 Å². The van der Waals surface area contributed by atoms with Gasteiger partial charge in [0, 0.05) is 28.4 Å². The van der Waals surface area contributed by atoms with Crippen LogP contribution in [0.15, 0.2) is 18.2 Å². The van der Waals surface area contributed by atoms with Gasteiger partial charge in [0.2, 0.25) is 0 Å². The number of nitrogens with zero attached hydrogens (tertiary/aromatic N) is 4. The van der Waals surface area contributed by atoms with Gasteiger partial charge in [0.15, 0.2) is 5.82 Å². The maximum absolute atomic E-state index is 13.2. The van der Waals surface area contributed by atoms with Crippen molar-refractivity contribution in [1.82, 2.24) is 20.2 Å². The Hall–Kier alpha value is -1.83. The average molecular weight is 297 g/mol. The molecule has 108 valence electrons. The Morgan fingerprint density at radius 3 is 2.90 bits per heavy atom. The van der Waals surface area contributed by atoms with Gasteiger partial charge in [-0.1, -0.05) is 0 Å². The summed E-state index contributed by atoms with van der Waals surface area (Å²) in [5.41, 5.74) is 6.26. The topological polar surface area (TPSA) is 86.7 Å². The van der Waals surface area contributed by atoms with E-state index in [2.05, 4.69) is 15.5 Å². The summed E-state index contributed by atoms with van der Waals surface area (Å²) in [7, 11) is -0.857. The first-order chi connectivity index (χ1) is 9.49. The van der Waals surface area contributed by atoms with Crippen molar-refractivity contribution in [2.45, 2.75) is 19.4 Å². The molecule has 0 saturated heterocycles. The standard InChI is InChI=1S/C12H16FN5OS/c1-8(5-6-20(2)19)18-12(15-16-17-18)9-3-4-10(13)11(14)7-9/h3-4,7-8H,5-6,14H2,1-2H3. The zero-order valence-electron chi connectivity index (χ0n) is 11.3. The van der Waals surface area contributed by atoms with Crippen LogP contribution in [0.3, 0.4) is 0 Å². The zero-order valence-corrected chi connectivity index (χ0v) is 12.1. The number of hydrogen-bond acceptors (Lipinski definition) is 5. The minimum Gasteiger partial charge on any atom is -0.396 e. The van der Waals surface area contributed by atoms with Gasteiger partial charge >= 0.3 is 0 Å². The third-order valence-electron chi connectivity index (χ3n) is 2.99. The lowest BCUT2D eigenvalue weighted by molar-refractivity contribution is 0.470. The minimum atomic E-state index is -0.857. The molecular weight excluding hydrogens is 281 g/mol. The average Bonchev–Trinajstić information content (AvgIpc) is 2.88. The van der Waals surface area contributed by atoms with Gasteiger partial charge in [0.05, 0.1) is 11.7 Å². The summed E-state index contributed by atoms with van der Waals surface area (Å²) in [4.78, 5) is 0. The van der Waals surface area contributed by atoms with Gasteiger partial charge in [-0.2, -0.15) is 0 Å². The summed E-state index contributed by atoms with van der Waals surface area (Å²) in [5, 5.41) is 11.5. The van der Waals surface area contributed by atoms with Crippen LogP contribution in [-0.2, 0) is 10.8 Å². The van der Waals surface area contributed by atoms with Crippen molar-refractivity contribution in [2.75, 3.05) is 17.7 Å². The molecule has 0 fully saturated rings. The largest absolute Gasteiger partial charge is 0.396 e. The fourth-order valence-corrected chi connectivity index (χ4v) is 2.50. The number of rotatable bonds is 5. The summed E-state index contributed by atoms with van der Waals surface area (Å²) >= 11 is 0. The molecule has 0 bridgehead atoms. The highest BCUT2D eigenvalue weighted by molar-refractivity contribution is 7.84. The summed E-state index contributed by atoms with van der Waals surface area (Å²) in [6.07, 6.45) is 2.35. The second-order valence-electron chi connectivity index (χ2n) is 4.60. The Bertz CT molecular complexity index is 630. The van der Waals surface area contributed by atoms with Gasteiger partial charge in [-0.05, 0) is 42.0 Å². The van der Waals surface area contributed by atoms with Crippen LogP contribution in [0, 0.1) is 5.82 Å². The van der Waals surface area contributed by atoms with E-state index in [0.29, 0.717) is 23.6 Å². The number of anilines is 1. The van der Waals surface area contributed by atoms with Crippen molar-refractivity contribution in [3.05, 3.63) is 24.0 Å². The predicted molar refractivity (Wildman–Crippen MR) is 75.9 cm³/mol. The van der Waals surface area contributed by atoms with Gasteiger partial charge < -0.3 is 5.73 Å². The van der Waals surface area contributed by atoms with Crippen LogP contribution < -0.4 is 5.73 Å². The third-order valence-corrected chi connectivity index (χ3v) is 3.80. The van der Waals surface area contributed by atoms with E-state index >= 15 is 0 Å². The molecule has 0 amide bonds. The van der Waals surface area contributed by atoms with Gasteiger partial charge in [-0.3, -0.25) is 4.21 Å². The Morgan fingerprint density at radius 2 is 2.25 bits per heavy atom. The highest BCUT2D eigenvalue weighted by Gasteiger charge is 2.15. The lowest BCUT2D eigenvalue weighted by Gasteiger charge is -2.12. The quantitative estimate of drug-likeness (QED) is 0.843. The van der Waals surface area contributed by atoms with E-state index in [-0.39, 0.29) is 11.7 Å². The van der Waals surface area contributed by atoms with E-state index in [1.807, 2.05) is 6.92 Å². The molecular formula is C12H16FN5OS. The van der Waals surface area contributed by atoms with Crippen molar-refractivity contribution < 1.29 is 8.60 Å². The van der Waals surface area contributed by atoms with Crippen LogP contribution in [0.2, 0.25) is 0 Å². The summed E-state index contributed by atoms with van der Waals surface area (Å²) in [6.45, 7) is 1.94. The van der Waals surface area contributed by atoms with Gasteiger partial charge in [-0.15, -0.1) is 5.10 Å². The number of tetrazole rings is 1. The van der Waals surface area contributed by atoms with Crippen LogP contribution in [0.4, 0.5) is 10.1 Å². The van der Waals surface area contributed by atoms with E-state index < -0.39 is 16.6 Å². The molecule has 2 atom stereocenters. The summed E-state index contributed by atoms with van der Waals surface area (Å²) < 4.78 is 26.0. The molecule has 0 aliphatic rings. The number of halogens is 1. The smallest absolute Gasteiger partial charge is 0.182 e. The first-order valence-electron chi connectivity index (χ1n) is 6.12. The molecule has 0 spiro atoms. The molecule has 2 aromatic rings. The summed E-state index contributed by atoms with van der Waals surface area (Å²) in [5.74, 6) is 0.625. The molecule has 0 radical (unpaired) electrons. The molecule has 0 saturated carbocycles. The number of nitrogens with two attached hydrogens (primary N) is 1. The molecule has 0 aliphatic heterocycles. The van der Waals surface area contributed by atoms with Crippen LogP contribution in [-0.4, -0.2) is 36.4 Å². The Morgan fingerprint density at radius 1 is 1.50 bits per heavy atom. The Balaban J connectivity index is 2.27. The van der Waals surface area contributed by atoms with E-state index in [0.717, 1.165) is 0 Å². The molecule has 6 nitrogen and oxygen atoms in total. The molecule has 8 heteroatoms. The zero-order chi connectivity index (χ0) is 14.7. The van der Waals surface area contributed by atoms with Crippen LogP contribution >= 0.6 is 0 Å². The molecule has 2 unspecified atom stereocenters. The molecule has 2 N–H and O–H groups in total. The third kappa shape index (κ3) is 3.19. The number of aromatic nitrogens is 4. The van der Waals surface area contributed by atoms with E-state index in [1.54, 1.807) is 17.0 Å². The van der Waals surface area contributed by atoms with Crippen molar-refractivity contribution in [3.63, 3.8) is 0 Å². The maximum atomic E-state index is 13.2. The van der Waals surface area contributed by atoms with Gasteiger partial charge in [0.25, 0.3) is 0 Å². The Kier molecular flexibility index (Phi) is 4.43. The van der Waals surface area contributed by atoms with Crippen molar-refractivity contribution in [3.8, 4) is 11.4 Å². The van der Waals surface area contributed by atoms with Crippen molar-refractivity contribution >= 4 is 16.5 Å². The lowest BCUT2D eigenvalue weighted by Crippen LogP contribution is -2.12. The normalized spacial score (nSPS) is 14.2. The number of hydrogen-bond donors (Lipinski definition) is 1. The van der Waals surface area contributed by atoms with E-state index in [1.165, 1.54) is 12.1 Å². The second kappa shape index (κ2) is 6.08. The fraction of sp³-hybridized carbons (Fsp3) is 0.417. The Labute approximate surface area is 118 Å². The van der Waals surface area contributed by atoms with Crippen LogP contribution in [0.1, 0.15) is 19.4 Å². The molecule has 1 aromatic heterocycles. The molecule has 2 rings (SSSR count). The predicted octanol–water partition coefficient (Wildman–Crippen LogP) is 1.39. The van der Waals surface area contributed by atoms with Gasteiger partial charge in [0.1, 0.15) is 5.82 Å². The van der Waals surface area contributed by atoms with Crippen molar-refractivity contribution in [1.29, 1.82) is 0 Å². The molecule has 1 heterocycles. The minimum absolute atomic E-state index is 0.00447. The monoisotopic (exact) mass is 297 g/mol. The SMILES string of the molecule is CC(CCS(C)=O)n1nnnc1-c1ccc(F)c(N)c1. The maximum Gasteiger partial charge on any atom is 0.182 e. The second-order valence-corrected chi connectivity index (χ2v) is 6.15. The highest BCUT2D eigenvalue weighted by atomic mass is 32.2. The molecule has 20 heavy (non-hydrogen) atoms. The fourth-order valence-electron chi connectivity index (χ4n) is 1.82. The lowest BCUT2D eigenvalue weighted by atomic mass is 10.1. The van der Waals surface area contributed by atoms with Crippen LogP contribution in [0.5, 0.6) is 0 Å². The number of benzene rings is 1. The molecule has 0 aliphatic carbocycles. The molecule has 1 aromatic carbocycles. The van der Waals surface area contributed by atoms with E-state index in [9.17, 15) is 8.60 Å².